The molecule has 1 aliphatic heterocycles. The quantitative estimate of drug-likeness (QED) is 0.551. The van der Waals surface area contributed by atoms with E-state index in [1.165, 1.54) is 0 Å². The van der Waals surface area contributed by atoms with Gasteiger partial charge >= 0.3 is 11.9 Å². The summed E-state index contributed by atoms with van der Waals surface area (Å²) in [5.74, 6) is -0.560. The van der Waals surface area contributed by atoms with Gasteiger partial charge in [0.2, 0.25) is 0 Å². The van der Waals surface area contributed by atoms with E-state index in [0.717, 1.165) is 11.1 Å². The van der Waals surface area contributed by atoms with Gasteiger partial charge in [0.25, 0.3) is 0 Å². The third-order valence-electron chi connectivity index (χ3n) is 5.16. The average molecular weight is 368 g/mol. The lowest BCUT2D eigenvalue weighted by molar-refractivity contribution is -0.147. The van der Waals surface area contributed by atoms with Gasteiger partial charge in [0, 0.05) is 26.1 Å². The summed E-state index contributed by atoms with van der Waals surface area (Å²) in [6, 6.07) is 0. The molecule has 1 aliphatic rings. The summed E-state index contributed by atoms with van der Waals surface area (Å²) in [4.78, 5) is 24.1. The van der Waals surface area contributed by atoms with Gasteiger partial charge in [-0.3, -0.25) is 9.59 Å². The van der Waals surface area contributed by atoms with Crippen LogP contribution in [0.15, 0.2) is 23.3 Å². The van der Waals surface area contributed by atoms with Crippen LogP contribution in [0, 0.1) is 11.8 Å². The van der Waals surface area contributed by atoms with E-state index in [0.29, 0.717) is 0 Å². The molecule has 6 heteroatoms. The van der Waals surface area contributed by atoms with Crippen molar-refractivity contribution in [1.82, 2.24) is 0 Å². The van der Waals surface area contributed by atoms with Crippen LogP contribution in [0.4, 0.5) is 0 Å². The summed E-state index contributed by atoms with van der Waals surface area (Å²) in [5.41, 5.74) is 1.98. The van der Waals surface area contributed by atoms with Crippen LogP contribution in [0.2, 0.25) is 0 Å². The zero-order valence-electron chi connectivity index (χ0n) is 16.7. The Morgan fingerprint density at radius 3 is 1.46 bits per heavy atom. The Kier molecular flexibility index (Phi) is 9.59. The molecule has 148 valence electrons. The molecule has 1 rings (SSSR count). The molecule has 0 spiro atoms. The molecule has 26 heavy (non-hydrogen) atoms. The lowest BCUT2D eigenvalue weighted by atomic mass is 9.95. The summed E-state index contributed by atoms with van der Waals surface area (Å²) in [5, 5.41) is 0. The second-order valence-electron chi connectivity index (χ2n) is 6.80. The summed E-state index contributed by atoms with van der Waals surface area (Å²) < 4.78 is 21.6. The predicted molar refractivity (Wildman–Crippen MR) is 98.6 cm³/mol. The molecule has 0 aromatic heterocycles. The second kappa shape index (κ2) is 11.1. The number of ether oxygens (including phenoxy) is 4. The number of methoxy groups -OCH3 is 2. The van der Waals surface area contributed by atoms with E-state index in [4.69, 9.17) is 18.9 Å². The minimum absolute atomic E-state index is 0.0116. The zero-order valence-corrected chi connectivity index (χ0v) is 16.7. The standard InChI is InChI=1S/C20H32O6/c1-13-7-9-19(21)26-12-18(24-6)16(4)14(2)8-10-20(22)25-11-17(23-5)15(13)3/h7-8,15-18H,9-12H2,1-6H3/b13-7+,14-8+/t15-,16-,17-,18-/m0/s1. The Morgan fingerprint density at radius 2 is 1.15 bits per heavy atom. The number of cyclic esters (lactones) is 2. The zero-order chi connectivity index (χ0) is 19.7. The number of carbonyl (C=O) groups is 2. The van der Waals surface area contributed by atoms with Crippen molar-refractivity contribution < 1.29 is 28.5 Å². The highest BCUT2D eigenvalue weighted by Crippen LogP contribution is 2.21. The van der Waals surface area contributed by atoms with Gasteiger partial charge in [-0.1, -0.05) is 37.1 Å². The van der Waals surface area contributed by atoms with E-state index in [1.807, 2.05) is 39.8 Å². The smallest absolute Gasteiger partial charge is 0.309 e. The SMILES string of the molecule is CO[C@H]1COC(=O)C/C=C(\C)[C@H](C)[C@@H](OC)COC(=O)C/C=C(\C)[C@@H]1C. The van der Waals surface area contributed by atoms with Crippen molar-refractivity contribution >= 4 is 11.9 Å². The van der Waals surface area contributed by atoms with E-state index < -0.39 is 0 Å². The van der Waals surface area contributed by atoms with Crippen molar-refractivity contribution in [1.29, 1.82) is 0 Å². The first kappa shape index (κ1) is 22.4. The first-order valence-corrected chi connectivity index (χ1v) is 9.00. The Bertz CT molecular complexity index is 488. The molecule has 0 amide bonds. The summed E-state index contributed by atoms with van der Waals surface area (Å²) in [6.45, 7) is 8.18. The van der Waals surface area contributed by atoms with E-state index in [9.17, 15) is 9.59 Å². The van der Waals surface area contributed by atoms with E-state index >= 15 is 0 Å². The Balaban J connectivity index is 2.98. The molecule has 6 nitrogen and oxygen atoms in total. The van der Waals surface area contributed by atoms with Gasteiger partial charge in [0.1, 0.15) is 13.2 Å². The van der Waals surface area contributed by atoms with Crippen molar-refractivity contribution in [2.75, 3.05) is 27.4 Å². The number of hydrogen-bond donors (Lipinski definition) is 0. The maximum absolute atomic E-state index is 12.0. The largest absolute Gasteiger partial charge is 0.463 e. The van der Waals surface area contributed by atoms with E-state index in [1.54, 1.807) is 14.2 Å². The van der Waals surface area contributed by atoms with Gasteiger partial charge in [-0.05, 0) is 13.8 Å². The number of rotatable bonds is 2. The normalized spacial score (nSPS) is 34.1. The first-order chi connectivity index (χ1) is 12.3. The van der Waals surface area contributed by atoms with Crippen LogP contribution in [0.1, 0.15) is 40.5 Å². The van der Waals surface area contributed by atoms with Crippen LogP contribution in [0.25, 0.3) is 0 Å². The van der Waals surface area contributed by atoms with Gasteiger partial charge < -0.3 is 18.9 Å². The van der Waals surface area contributed by atoms with Gasteiger partial charge in [-0.25, -0.2) is 0 Å². The molecule has 0 aromatic rings. The molecule has 0 bridgehead atoms. The molecule has 0 radical (unpaired) electrons. The number of esters is 2. The monoisotopic (exact) mass is 368 g/mol. The molecule has 0 aromatic carbocycles. The molecule has 1 heterocycles. The van der Waals surface area contributed by atoms with Gasteiger partial charge in [0.05, 0.1) is 25.0 Å². The third kappa shape index (κ3) is 6.92. The number of carbonyl (C=O) groups excluding carboxylic acids is 2. The van der Waals surface area contributed by atoms with E-state index in [-0.39, 0.29) is 62.0 Å². The highest BCUT2D eigenvalue weighted by molar-refractivity contribution is 5.71. The van der Waals surface area contributed by atoms with Crippen molar-refractivity contribution in [3.8, 4) is 0 Å². The minimum Gasteiger partial charge on any atom is -0.463 e. The van der Waals surface area contributed by atoms with Crippen molar-refractivity contribution in [2.45, 2.75) is 52.7 Å². The maximum atomic E-state index is 12.0. The fourth-order valence-electron chi connectivity index (χ4n) is 2.75. The van der Waals surface area contributed by atoms with Crippen LogP contribution in [0.3, 0.4) is 0 Å². The Hall–Kier alpha value is -1.66. The fraction of sp³-hybridized carbons (Fsp3) is 0.700. The highest BCUT2D eigenvalue weighted by Gasteiger charge is 2.23. The summed E-state index contributed by atoms with van der Waals surface area (Å²) in [6.07, 6.45) is 3.52. The lowest BCUT2D eigenvalue weighted by Crippen LogP contribution is -2.29. The number of hydrogen-bond acceptors (Lipinski definition) is 6. The van der Waals surface area contributed by atoms with Gasteiger partial charge in [0.15, 0.2) is 0 Å². The third-order valence-corrected chi connectivity index (χ3v) is 5.16. The van der Waals surface area contributed by atoms with Crippen LogP contribution < -0.4 is 0 Å². The van der Waals surface area contributed by atoms with Crippen molar-refractivity contribution in [3.63, 3.8) is 0 Å². The van der Waals surface area contributed by atoms with Crippen LogP contribution in [0.5, 0.6) is 0 Å². The van der Waals surface area contributed by atoms with Crippen molar-refractivity contribution in [3.05, 3.63) is 23.3 Å². The Morgan fingerprint density at radius 1 is 0.808 bits per heavy atom. The van der Waals surface area contributed by atoms with E-state index in [2.05, 4.69) is 0 Å². The molecule has 0 saturated carbocycles. The molecule has 0 aliphatic carbocycles. The van der Waals surface area contributed by atoms with Crippen LogP contribution in [-0.2, 0) is 28.5 Å². The molecule has 4 atom stereocenters. The van der Waals surface area contributed by atoms with Crippen molar-refractivity contribution in [2.24, 2.45) is 11.8 Å². The molecular weight excluding hydrogens is 336 g/mol. The average Bonchev–Trinajstić information content (AvgIpc) is 2.63. The van der Waals surface area contributed by atoms with Gasteiger partial charge in [-0.15, -0.1) is 0 Å². The maximum Gasteiger partial charge on any atom is 0.309 e. The topological polar surface area (TPSA) is 71.1 Å². The van der Waals surface area contributed by atoms with Crippen LogP contribution >= 0.6 is 0 Å². The second-order valence-corrected chi connectivity index (χ2v) is 6.80. The highest BCUT2D eigenvalue weighted by atomic mass is 16.6. The predicted octanol–water partition coefficient (Wildman–Crippen LogP) is 3.06. The summed E-state index contributed by atoms with van der Waals surface area (Å²) >= 11 is 0. The minimum atomic E-state index is -0.292. The van der Waals surface area contributed by atoms with Gasteiger partial charge in [-0.2, -0.15) is 0 Å². The fourth-order valence-corrected chi connectivity index (χ4v) is 2.75. The molecule has 0 unspecified atom stereocenters. The Labute approximate surface area is 156 Å². The lowest BCUT2D eigenvalue weighted by Gasteiger charge is -2.24. The molecule has 0 saturated heterocycles. The molecular formula is C20H32O6. The first-order valence-electron chi connectivity index (χ1n) is 9.00. The molecule has 0 N–H and O–H groups in total. The summed E-state index contributed by atoms with van der Waals surface area (Å²) in [7, 11) is 3.18. The van der Waals surface area contributed by atoms with Crippen LogP contribution in [-0.4, -0.2) is 51.6 Å². The molecule has 0 fully saturated rings.